The van der Waals surface area contributed by atoms with Crippen molar-refractivity contribution in [1.82, 2.24) is 19.4 Å². The molecule has 2 aliphatic heterocycles. The minimum absolute atomic E-state index is 0.0763. The number of benzene rings is 1. The molecule has 1 aromatic carbocycles. The molecule has 220 valence electrons. The summed E-state index contributed by atoms with van der Waals surface area (Å²) in [4.78, 5) is 18.2. The van der Waals surface area contributed by atoms with E-state index in [4.69, 9.17) is 9.47 Å². The number of carbonyl (C=O) groups excluding carboxylic acids is 1. The quantitative estimate of drug-likeness (QED) is 0.467. The smallest absolute Gasteiger partial charge is 0.243 e. The Hall–Kier alpha value is -1.72. The van der Waals surface area contributed by atoms with Crippen molar-refractivity contribution in [3.8, 4) is 5.75 Å². The highest BCUT2D eigenvalue weighted by Crippen LogP contribution is 2.29. The number of aryl methyl sites for hydroxylation is 2. The molecule has 0 radical (unpaired) electrons. The second kappa shape index (κ2) is 13.8. The number of rotatable bonds is 10. The van der Waals surface area contributed by atoms with E-state index in [1.54, 1.807) is 40.1 Å². The van der Waals surface area contributed by atoms with Crippen LogP contribution in [-0.4, -0.2) is 107 Å². The molecule has 2 saturated heterocycles. The summed E-state index contributed by atoms with van der Waals surface area (Å²) in [7, 11) is -0.594. The zero-order chi connectivity index (χ0) is 28.0. The van der Waals surface area contributed by atoms with Crippen LogP contribution in [0.4, 0.5) is 0 Å². The highest BCUT2D eigenvalue weighted by molar-refractivity contribution is 7.89. The maximum absolute atomic E-state index is 13.2. The van der Waals surface area contributed by atoms with E-state index in [1.807, 2.05) is 0 Å². The van der Waals surface area contributed by atoms with Crippen molar-refractivity contribution < 1.29 is 22.7 Å². The SMILES string of the molecule is COc1cc(C)c(S(=O)(=O)N(C)CCC(=O)NC2CCC(N3CCC(CN4CCOCC4)CC3)CC2)c(C)c1. The number of nitrogens with zero attached hydrogens (tertiary/aromatic N) is 3. The van der Waals surface area contributed by atoms with Gasteiger partial charge in [-0.2, -0.15) is 0 Å². The van der Waals surface area contributed by atoms with Crippen LogP contribution in [0.1, 0.15) is 56.1 Å². The summed E-state index contributed by atoms with van der Waals surface area (Å²) < 4.78 is 38.5. The number of morpholine rings is 1. The minimum Gasteiger partial charge on any atom is -0.497 e. The first-order valence-corrected chi connectivity index (χ1v) is 16.1. The van der Waals surface area contributed by atoms with Crippen molar-refractivity contribution in [1.29, 1.82) is 0 Å². The molecule has 0 bridgehead atoms. The van der Waals surface area contributed by atoms with Crippen LogP contribution in [-0.2, 0) is 19.6 Å². The summed E-state index contributed by atoms with van der Waals surface area (Å²) in [6, 6.07) is 4.25. The van der Waals surface area contributed by atoms with Gasteiger partial charge in [0.25, 0.3) is 0 Å². The number of carbonyl (C=O) groups is 1. The van der Waals surface area contributed by atoms with E-state index in [0.29, 0.717) is 22.9 Å². The van der Waals surface area contributed by atoms with Crippen LogP contribution in [0, 0.1) is 19.8 Å². The van der Waals surface area contributed by atoms with Crippen LogP contribution in [0.15, 0.2) is 17.0 Å². The molecular formula is C29H48N4O5S. The Bertz CT molecular complexity index is 1040. The summed E-state index contributed by atoms with van der Waals surface area (Å²) in [6.07, 6.45) is 6.92. The van der Waals surface area contributed by atoms with E-state index in [2.05, 4.69) is 15.1 Å². The molecule has 1 amide bonds. The average molecular weight is 565 g/mol. The number of methoxy groups -OCH3 is 1. The molecule has 39 heavy (non-hydrogen) atoms. The maximum atomic E-state index is 13.2. The Balaban J connectivity index is 1.16. The minimum atomic E-state index is -3.70. The number of piperidine rings is 1. The number of hydrogen-bond acceptors (Lipinski definition) is 7. The summed E-state index contributed by atoms with van der Waals surface area (Å²) >= 11 is 0. The fourth-order valence-electron chi connectivity index (χ4n) is 6.50. The van der Waals surface area contributed by atoms with E-state index < -0.39 is 10.0 Å². The molecule has 0 spiro atoms. The lowest BCUT2D eigenvalue weighted by Gasteiger charge is -2.42. The molecule has 3 aliphatic rings. The molecule has 0 atom stereocenters. The Morgan fingerprint density at radius 3 is 2.23 bits per heavy atom. The maximum Gasteiger partial charge on any atom is 0.243 e. The number of amides is 1. The monoisotopic (exact) mass is 564 g/mol. The van der Waals surface area contributed by atoms with Gasteiger partial charge >= 0.3 is 0 Å². The second-order valence-corrected chi connectivity index (χ2v) is 13.6. The van der Waals surface area contributed by atoms with Gasteiger partial charge in [0.1, 0.15) is 5.75 Å². The molecule has 4 rings (SSSR count). The highest BCUT2D eigenvalue weighted by Gasteiger charge is 2.31. The Kier molecular flexibility index (Phi) is 10.7. The largest absolute Gasteiger partial charge is 0.497 e. The predicted molar refractivity (Wildman–Crippen MR) is 153 cm³/mol. The Labute approximate surface area is 235 Å². The summed E-state index contributed by atoms with van der Waals surface area (Å²) in [5.74, 6) is 1.36. The fraction of sp³-hybridized carbons (Fsp3) is 0.759. The third-order valence-corrected chi connectivity index (χ3v) is 11.0. The first-order valence-electron chi connectivity index (χ1n) is 14.6. The van der Waals surface area contributed by atoms with E-state index in [-0.39, 0.29) is 29.8 Å². The van der Waals surface area contributed by atoms with Gasteiger partial charge in [-0.3, -0.25) is 9.69 Å². The first-order chi connectivity index (χ1) is 18.7. The second-order valence-electron chi connectivity index (χ2n) is 11.6. The first kappa shape index (κ1) is 30.2. The molecule has 2 heterocycles. The van der Waals surface area contributed by atoms with Gasteiger partial charge in [0, 0.05) is 51.7 Å². The summed E-state index contributed by atoms with van der Waals surface area (Å²) in [5, 5.41) is 3.17. The van der Waals surface area contributed by atoms with E-state index in [1.165, 1.54) is 36.8 Å². The molecule has 1 aromatic rings. The van der Waals surface area contributed by atoms with E-state index >= 15 is 0 Å². The van der Waals surface area contributed by atoms with Crippen LogP contribution in [0.3, 0.4) is 0 Å². The number of hydrogen-bond donors (Lipinski definition) is 1. The molecular weight excluding hydrogens is 516 g/mol. The molecule has 0 aromatic heterocycles. The van der Waals surface area contributed by atoms with Crippen molar-refractivity contribution in [2.45, 2.75) is 75.8 Å². The van der Waals surface area contributed by atoms with Gasteiger partial charge in [-0.15, -0.1) is 0 Å². The van der Waals surface area contributed by atoms with Gasteiger partial charge in [0.15, 0.2) is 0 Å². The standard InChI is InChI=1S/C29H48N4O5S/c1-22-19-27(37-4)20-23(2)29(22)39(35,36)31(3)12-11-28(34)30-25-5-7-26(8-6-25)33-13-9-24(10-14-33)21-32-15-17-38-18-16-32/h19-20,24-26H,5-18,21H2,1-4H3,(H,30,34). The summed E-state index contributed by atoms with van der Waals surface area (Å²) in [6.45, 7) is 11.2. The lowest BCUT2D eigenvalue weighted by molar-refractivity contribution is -0.122. The number of ether oxygens (including phenoxy) is 2. The Morgan fingerprint density at radius 2 is 1.64 bits per heavy atom. The van der Waals surface area contributed by atoms with Crippen LogP contribution in [0.25, 0.3) is 0 Å². The molecule has 0 unspecified atom stereocenters. The van der Waals surface area contributed by atoms with E-state index in [0.717, 1.165) is 57.9 Å². The number of sulfonamides is 1. The summed E-state index contributed by atoms with van der Waals surface area (Å²) in [5.41, 5.74) is 1.28. The molecule has 9 nitrogen and oxygen atoms in total. The van der Waals surface area contributed by atoms with Crippen molar-refractivity contribution in [2.75, 3.05) is 66.6 Å². The van der Waals surface area contributed by atoms with Crippen LogP contribution < -0.4 is 10.1 Å². The molecule has 1 saturated carbocycles. The van der Waals surface area contributed by atoms with Gasteiger partial charge in [0.2, 0.25) is 15.9 Å². The highest BCUT2D eigenvalue weighted by atomic mass is 32.2. The zero-order valence-electron chi connectivity index (χ0n) is 24.3. The molecule has 3 fully saturated rings. The van der Waals surface area contributed by atoms with Gasteiger partial charge < -0.3 is 19.7 Å². The topological polar surface area (TPSA) is 91.4 Å². The Morgan fingerprint density at radius 1 is 1.03 bits per heavy atom. The van der Waals surface area contributed by atoms with Crippen molar-refractivity contribution >= 4 is 15.9 Å². The lowest BCUT2D eigenvalue weighted by atomic mass is 9.87. The van der Waals surface area contributed by atoms with E-state index in [9.17, 15) is 13.2 Å². The number of nitrogens with one attached hydrogen (secondary N) is 1. The van der Waals surface area contributed by atoms with Crippen molar-refractivity contribution in [3.63, 3.8) is 0 Å². The van der Waals surface area contributed by atoms with Gasteiger partial charge in [0.05, 0.1) is 25.2 Å². The van der Waals surface area contributed by atoms with Crippen LogP contribution >= 0.6 is 0 Å². The van der Waals surface area contributed by atoms with Crippen molar-refractivity contribution in [3.05, 3.63) is 23.3 Å². The molecule has 10 heteroatoms. The van der Waals surface area contributed by atoms with Gasteiger partial charge in [-0.05, 0) is 94.6 Å². The molecule has 1 N–H and O–H groups in total. The zero-order valence-corrected chi connectivity index (χ0v) is 25.1. The van der Waals surface area contributed by atoms with Crippen molar-refractivity contribution in [2.24, 2.45) is 5.92 Å². The third kappa shape index (κ3) is 7.94. The lowest BCUT2D eigenvalue weighted by Crippen LogP contribution is -2.48. The van der Waals surface area contributed by atoms with Crippen LogP contribution in [0.5, 0.6) is 5.75 Å². The van der Waals surface area contributed by atoms with Crippen LogP contribution in [0.2, 0.25) is 0 Å². The normalized spacial score (nSPS) is 24.1. The fourth-order valence-corrected chi connectivity index (χ4v) is 8.08. The van der Waals surface area contributed by atoms with Gasteiger partial charge in [-0.1, -0.05) is 0 Å². The third-order valence-electron chi connectivity index (χ3n) is 8.84. The average Bonchev–Trinajstić information content (AvgIpc) is 2.92. The number of likely N-dealkylation sites (tertiary alicyclic amines) is 1. The molecule has 1 aliphatic carbocycles. The van der Waals surface area contributed by atoms with Gasteiger partial charge in [-0.25, -0.2) is 12.7 Å². The predicted octanol–water partition coefficient (Wildman–Crippen LogP) is 2.79.